The molecule has 0 aliphatic carbocycles. The summed E-state index contributed by atoms with van der Waals surface area (Å²) < 4.78 is 10.7. The Kier molecular flexibility index (Phi) is 3.53. The van der Waals surface area contributed by atoms with Gasteiger partial charge >= 0.3 is 18.7 Å². The van der Waals surface area contributed by atoms with Gasteiger partial charge in [0, 0.05) is 0 Å². The largest absolute Gasteiger partial charge is 0.329 e. The molecule has 2 rings (SSSR count). The van der Waals surface area contributed by atoms with Crippen molar-refractivity contribution >= 4 is 24.7 Å². The summed E-state index contributed by atoms with van der Waals surface area (Å²) in [4.78, 5) is 44.8. The van der Waals surface area contributed by atoms with Gasteiger partial charge in [0.05, 0.1) is 17.2 Å². The second-order valence-corrected chi connectivity index (χ2v) is 5.62. The maximum Gasteiger partial charge on any atom is 0.329 e. The Morgan fingerprint density at radius 3 is 2.53 bits per heavy atom. The first kappa shape index (κ1) is 13.5. The van der Waals surface area contributed by atoms with Gasteiger partial charge in [0.15, 0.2) is 0 Å². The first-order chi connectivity index (χ1) is 8.87. The lowest BCUT2D eigenvalue weighted by atomic mass is 10.1. The Morgan fingerprint density at radius 2 is 1.84 bits per heavy atom. The third-order valence-corrected chi connectivity index (χ3v) is 3.12. The van der Waals surface area contributed by atoms with E-state index in [1.807, 2.05) is 0 Å². The van der Waals surface area contributed by atoms with Crippen molar-refractivity contribution in [2.24, 2.45) is 0 Å². The van der Waals surface area contributed by atoms with Crippen LogP contribution in [0.1, 0.15) is 5.56 Å². The molecule has 1 aromatic heterocycles. The van der Waals surface area contributed by atoms with Crippen LogP contribution in [-0.4, -0.2) is 25.9 Å². The fourth-order valence-electron chi connectivity index (χ4n) is 1.62. The van der Waals surface area contributed by atoms with Crippen molar-refractivity contribution in [1.29, 1.82) is 0 Å². The normalized spacial score (nSPS) is 12.3. The van der Waals surface area contributed by atoms with Gasteiger partial charge in [-0.15, -0.1) is 0 Å². The van der Waals surface area contributed by atoms with Gasteiger partial charge in [0.25, 0.3) is 0 Å². The van der Waals surface area contributed by atoms with Crippen molar-refractivity contribution in [1.82, 2.24) is 9.97 Å². The van der Waals surface area contributed by atoms with Crippen LogP contribution >= 0.6 is 7.60 Å². The lowest BCUT2D eigenvalue weighted by molar-refractivity contribution is 0.377. The summed E-state index contributed by atoms with van der Waals surface area (Å²) in [6.45, 7) is 0. The van der Waals surface area contributed by atoms with E-state index >= 15 is 0 Å². The van der Waals surface area contributed by atoms with Crippen molar-refractivity contribution in [3.8, 4) is 0 Å². The third-order valence-electron chi connectivity index (χ3n) is 2.43. The van der Waals surface area contributed by atoms with E-state index in [2.05, 4.69) is 9.97 Å². The molecule has 0 amide bonds. The van der Waals surface area contributed by atoms with Crippen LogP contribution in [0.2, 0.25) is 0 Å². The van der Waals surface area contributed by atoms with Crippen LogP contribution in [0.5, 0.6) is 0 Å². The first-order valence-electron chi connectivity index (χ1n) is 5.33. The van der Waals surface area contributed by atoms with Crippen molar-refractivity contribution < 1.29 is 14.4 Å². The van der Waals surface area contributed by atoms with Gasteiger partial charge in [0.1, 0.15) is 0 Å². The monoisotopic (exact) mass is 282 g/mol. The number of allylic oxidation sites excluding steroid dienone is 1. The molecular weight excluding hydrogens is 271 g/mol. The van der Waals surface area contributed by atoms with Crippen LogP contribution in [0.4, 0.5) is 0 Å². The number of benzene rings is 1. The van der Waals surface area contributed by atoms with Gasteiger partial charge in [-0.2, -0.15) is 0 Å². The van der Waals surface area contributed by atoms with E-state index in [0.717, 1.165) is 0 Å². The number of hydrogen-bond acceptors (Lipinski definition) is 3. The molecule has 8 heteroatoms. The summed E-state index contributed by atoms with van der Waals surface area (Å²) in [5, 5.41) is 0. The smallest absolute Gasteiger partial charge is 0.324 e. The molecule has 2 aromatic rings. The lowest BCUT2D eigenvalue weighted by Crippen LogP contribution is -2.29. The molecule has 0 unspecified atom stereocenters. The first-order valence-corrected chi connectivity index (χ1v) is 7.13. The average Bonchev–Trinajstić information content (AvgIpc) is 2.30. The van der Waals surface area contributed by atoms with E-state index in [-0.39, 0.29) is 0 Å². The molecule has 100 valence electrons. The highest BCUT2D eigenvalue weighted by atomic mass is 31.2. The zero-order chi connectivity index (χ0) is 14.0. The van der Waals surface area contributed by atoms with Crippen LogP contribution < -0.4 is 11.1 Å². The molecule has 0 bridgehead atoms. The van der Waals surface area contributed by atoms with E-state index < -0.39 is 24.9 Å². The summed E-state index contributed by atoms with van der Waals surface area (Å²) in [6, 6.07) is 4.94. The number of aromatic nitrogens is 2. The molecule has 0 saturated heterocycles. The van der Waals surface area contributed by atoms with Gasteiger partial charge < -0.3 is 19.8 Å². The van der Waals surface area contributed by atoms with Crippen LogP contribution in [0, 0.1) is 0 Å². The van der Waals surface area contributed by atoms with Crippen LogP contribution in [0.25, 0.3) is 17.1 Å². The zero-order valence-corrected chi connectivity index (χ0v) is 10.6. The van der Waals surface area contributed by atoms with Crippen molar-refractivity contribution in [2.45, 2.75) is 0 Å². The maximum absolute atomic E-state index is 11.3. The predicted molar refractivity (Wildman–Crippen MR) is 71.1 cm³/mol. The quantitative estimate of drug-likeness (QED) is 0.479. The Labute approximate surface area is 106 Å². The SMILES string of the molecule is O=c1[nH]c2cccc(C=CCP(=O)(O)O)c2[nH]c1=O. The molecule has 4 N–H and O–H groups in total. The highest BCUT2D eigenvalue weighted by Crippen LogP contribution is 2.34. The topological polar surface area (TPSA) is 123 Å². The van der Waals surface area contributed by atoms with E-state index in [9.17, 15) is 14.2 Å². The minimum Gasteiger partial charge on any atom is -0.324 e. The maximum atomic E-state index is 11.3. The van der Waals surface area contributed by atoms with Gasteiger partial charge in [-0.1, -0.05) is 24.3 Å². The van der Waals surface area contributed by atoms with Gasteiger partial charge in [-0.05, 0) is 11.6 Å². The zero-order valence-electron chi connectivity index (χ0n) is 9.66. The average molecular weight is 282 g/mol. The molecule has 0 aliphatic rings. The fraction of sp³-hybridized carbons (Fsp3) is 0.0909. The molecule has 1 aromatic carbocycles. The minimum atomic E-state index is -4.10. The van der Waals surface area contributed by atoms with Crippen LogP contribution in [0.3, 0.4) is 0 Å². The van der Waals surface area contributed by atoms with E-state index in [0.29, 0.717) is 16.6 Å². The lowest BCUT2D eigenvalue weighted by Gasteiger charge is -2.02. The van der Waals surface area contributed by atoms with E-state index in [1.54, 1.807) is 18.2 Å². The minimum absolute atomic E-state index is 0.392. The molecular formula is C11H11N2O5P. The predicted octanol–water partition coefficient (Wildman–Crippen LogP) is 0.407. The van der Waals surface area contributed by atoms with Crippen LogP contribution in [-0.2, 0) is 4.57 Å². The van der Waals surface area contributed by atoms with Crippen molar-refractivity contribution in [3.05, 3.63) is 50.5 Å². The van der Waals surface area contributed by atoms with Crippen molar-refractivity contribution in [2.75, 3.05) is 6.16 Å². The van der Waals surface area contributed by atoms with E-state index in [1.165, 1.54) is 12.2 Å². The Morgan fingerprint density at radius 1 is 1.16 bits per heavy atom. The molecule has 0 atom stereocenters. The molecule has 1 heterocycles. The third kappa shape index (κ3) is 3.29. The number of hydrogen-bond donors (Lipinski definition) is 4. The number of para-hydroxylation sites is 1. The fourth-order valence-corrected chi connectivity index (χ4v) is 2.00. The number of rotatable bonds is 3. The number of aromatic amines is 2. The second-order valence-electron chi connectivity index (χ2n) is 3.93. The second kappa shape index (κ2) is 4.97. The number of nitrogens with one attached hydrogen (secondary N) is 2. The molecule has 7 nitrogen and oxygen atoms in total. The standard InChI is InChI=1S/C11H11N2O5P/c14-10-11(15)13-9-7(3-1-5-8(9)12-10)4-2-6-19(16,17)18/h1-5H,6H2,(H,12,14)(H,13,15)(H2,16,17,18). The Hall–Kier alpha value is -1.95. The highest BCUT2D eigenvalue weighted by Gasteiger charge is 2.09. The summed E-state index contributed by atoms with van der Waals surface area (Å²) in [6.07, 6.45) is 2.41. The molecule has 0 radical (unpaired) electrons. The van der Waals surface area contributed by atoms with Crippen LogP contribution in [0.15, 0.2) is 33.9 Å². The molecule has 19 heavy (non-hydrogen) atoms. The molecule has 0 saturated carbocycles. The molecule has 0 fully saturated rings. The molecule has 0 spiro atoms. The highest BCUT2D eigenvalue weighted by molar-refractivity contribution is 7.51. The summed E-state index contributed by atoms with van der Waals surface area (Å²) in [5.74, 6) is 0. The summed E-state index contributed by atoms with van der Waals surface area (Å²) >= 11 is 0. The van der Waals surface area contributed by atoms with Gasteiger partial charge in [-0.3, -0.25) is 14.2 Å². The van der Waals surface area contributed by atoms with Gasteiger partial charge in [-0.25, -0.2) is 0 Å². The van der Waals surface area contributed by atoms with Gasteiger partial charge in [0.2, 0.25) is 0 Å². The van der Waals surface area contributed by atoms with Crippen molar-refractivity contribution in [3.63, 3.8) is 0 Å². The summed E-state index contributed by atoms with van der Waals surface area (Å²) in [5.41, 5.74) is -0.108. The number of fused-ring (bicyclic) bond motifs is 1. The number of H-pyrrole nitrogens is 2. The summed E-state index contributed by atoms with van der Waals surface area (Å²) in [7, 11) is -4.10. The Balaban J connectivity index is 2.50. The Bertz CT molecular complexity index is 799. The van der Waals surface area contributed by atoms with E-state index in [4.69, 9.17) is 9.79 Å². The molecule has 0 aliphatic heterocycles.